The quantitative estimate of drug-likeness (QED) is 0.836. The molecule has 0 aliphatic carbocycles. The topological polar surface area (TPSA) is 68.0 Å². The highest BCUT2D eigenvalue weighted by atomic mass is 79.9. The number of nitrogens with two attached hydrogens (primary N) is 1. The molecule has 0 radical (unpaired) electrons. The number of nitrogens with zero attached hydrogens (tertiary/aromatic N) is 1. The Balaban J connectivity index is 2.82. The summed E-state index contributed by atoms with van der Waals surface area (Å²) in [7, 11) is 0. The first-order valence-corrected chi connectivity index (χ1v) is 6.64. The Kier molecular flexibility index (Phi) is 4.40. The Morgan fingerprint density at radius 2 is 2.44 bits per heavy atom. The van der Waals surface area contributed by atoms with Crippen molar-refractivity contribution in [2.45, 2.75) is 20.3 Å². The van der Waals surface area contributed by atoms with Crippen molar-refractivity contribution in [2.75, 3.05) is 5.32 Å². The minimum Gasteiger partial charge on any atom is -0.392 e. The second kappa shape index (κ2) is 5.20. The Bertz CT molecular complexity index is 421. The molecule has 4 nitrogen and oxygen atoms in total. The first-order chi connectivity index (χ1) is 7.40. The van der Waals surface area contributed by atoms with Crippen molar-refractivity contribution >= 4 is 55.5 Å². The summed E-state index contributed by atoms with van der Waals surface area (Å²) in [5, 5.41) is 3.24. The third-order valence-corrected chi connectivity index (χ3v) is 4.29. The molecule has 1 aromatic heterocycles. The number of anilines is 1. The van der Waals surface area contributed by atoms with Gasteiger partial charge in [0.1, 0.15) is 0 Å². The number of carbonyl (C=O) groups is 1. The fourth-order valence-electron chi connectivity index (χ4n) is 0.994. The molecule has 1 rings (SSSR count). The summed E-state index contributed by atoms with van der Waals surface area (Å²) in [4.78, 5) is 16.2. The largest absolute Gasteiger partial charge is 0.392 e. The van der Waals surface area contributed by atoms with Crippen LogP contribution in [0.2, 0.25) is 0 Å². The molecule has 0 spiro atoms. The second-order valence-electron chi connectivity index (χ2n) is 3.47. The van der Waals surface area contributed by atoms with Crippen LogP contribution < -0.4 is 11.1 Å². The summed E-state index contributed by atoms with van der Waals surface area (Å²) in [6.07, 6.45) is 2.19. The van der Waals surface area contributed by atoms with Gasteiger partial charge in [-0.05, 0) is 29.3 Å². The van der Waals surface area contributed by atoms with Crippen molar-refractivity contribution in [3.8, 4) is 0 Å². The molecule has 1 unspecified atom stereocenters. The fraction of sp³-hybridized carbons (Fsp3) is 0.444. The molecule has 0 aliphatic heterocycles. The lowest BCUT2D eigenvalue weighted by Gasteiger charge is -2.24. The lowest BCUT2D eigenvalue weighted by Crippen LogP contribution is -2.43. The maximum Gasteiger partial charge on any atom is 0.238 e. The predicted octanol–water partition coefficient (Wildman–Crippen LogP) is 2.55. The van der Waals surface area contributed by atoms with E-state index in [1.807, 2.05) is 6.92 Å². The summed E-state index contributed by atoms with van der Waals surface area (Å²) in [5.41, 5.74) is 4.76. The minimum atomic E-state index is -0.826. The van der Waals surface area contributed by atoms with Crippen LogP contribution in [0.3, 0.4) is 0 Å². The number of rotatable bonds is 4. The van der Waals surface area contributed by atoms with Crippen LogP contribution in [0.5, 0.6) is 0 Å². The summed E-state index contributed by atoms with van der Waals surface area (Å²) in [6.45, 7) is 3.60. The maximum absolute atomic E-state index is 12.0. The van der Waals surface area contributed by atoms with Crippen molar-refractivity contribution in [3.05, 3.63) is 9.98 Å². The monoisotopic (exact) mass is 321 g/mol. The average Bonchev–Trinajstić information content (AvgIpc) is 2.62. The molecule has 1 amide bonds. The summed E-state index contributed by atoms with van der Waals surface area (Å²) >= 11 is 9.53. The van der Waals surface area contributed by atoms with Gasteiger partial charge < -0.3 is 11.1 Å². The highest BCUT2D eigenvalue weighted by Gasteiger charge is 2.34. The molecule has 1 aromatic rings. The molecular weight excluding hydrogens is 310 g/mol. The first-order valence-electron chi connectivity index (χ1n) is 4.63. The number of halogens is 1. The molecule has 0 fully saturated rings. The van der Waals surface area contributed by atoms with Gasteiger partial charge in [-0.25, -0.2) is 4.98 Å². The number of amides is 1. The van der Waals surface area contributed by atoms with Gasteiger partial charge in [0.15, 0.2) is 5.13 Å². The first kappa shape index (κ1) is 13.5. The summed E-state index contributed by atoms with van der Waals surface area (Å²) in [5.74, 6) is -0.218. The van der Waals surface area contributed by atoms with Gasteiger partial charge in [0, 0.05) is 0 Å². The fourth-order valence-corrected chi connectivity index (χ4v) is 2.33. The van der Waals surface area contributed by atoms with Gasteiger partial charge in [-0.3, -0.25) is 4.79 Å². The SMILES string of the molecule is CCC(C)(C(=O)Nc1ncc(Br)s1)C(N)=S. The van der Waals surface area contributed by atoms with Gasteiger partial charge in [-0.15, -0.1) is 0 Å². The van der Waals surface area contributed by atoms with Crippen LogP contribution in [-0.2, 0) is 4.79 Å². The zero-order valence-electron chi connectivity index (χ0n) is 8.91. The molecule has 16 heavy (non-hydrogen) atoms. The molecule has 1 atom stereocenters. The molecule has 0 aliphatic rings. The van der Waals surface area contributed by atoms with Gasteiger partial charge >= 0.3 is 0 Å². The zero-order valence-corrected chi connectivity index (χ0v) is 12.1. The lowest BCUT2D eigenvalue weighted by atomic mass is 9.86. The van der Waals surface area contributed by atoms with Crippen LogP contribution >= 0.6 is 39.5 Å². The molecule has 88 valence electrons. The smallest absolute Gasteiger partial charge is 0.238 e. The number of nitrogens with one attached hydrogen (secondary N) is 1. The van der Waals surface area contributed by atoms with E-state index in [-0.39, 0.29) is 10.9 Å². The van der Waals surface area contributed by atoms with Crippen LogP contribution in [0.1, 0.15) is 20.3 Å². The predicted molar refractivity (Wildman–Crippen MR) is 73.6 cm³/mol. The van der Waals surface area contributed by atoms with Gasteiger partial charge in [-0.2, -0.15) is 0 Å². The summed E-state index contributed by atoms with van der Waals surface area (Å²) in [6, 6.07) is 0. The number of hydrogen-bond donors (Lipinski definition) is 2. The van der Waals surface area contributed by atoms with Crippen LogP contribution in [-0.4, -0.2) is 15.9 Å². The number of aromatic nitrogens is 1. The molecule has 3 N–H and O–H groups in total. The van der Waals surface area contributed by atoms with E-state index < -0.39 is 5.41 Å². The normalized spacial score (nSPS) is 14.2. The number of carbonyl (C=O) groups excluding carboxylic acids is 1. The molecule has 0 saturated heterocycles. The van der Waals surface area contributed by atoms with Gasteiger partial charge in [-0.1, -0.05) is 30.5 Å². The van der Waals surface area contributed by atoms with Crippen molar-refractivity contribution in [1.82, 2.24) is 4.98 Å². The Labute approximate surface area is 112 Å². The van der Waals surface area contributed by atoms with E-state index in [1.165, 1.54) is 11.3 Å². The van der Waals surface area contributed by atoms with E-state index in [2.05, 4.69) is 26.2 Å². The van der Waals surface area contributed by atoms with E-state index in [0.717, 1.165) is 3.79 Å². The van der Waals surface area contributed by atoms with Crippen molar-refractivity contribution < 1.29 is 4.79 Å². The Morgan fingerprint density at radius 3 is 2.81 bits per heavy atom. The average molecular weight is 322 g/mol. The highest BCUT2D eigenvalue weighted by molar-refractivity contribution is 9.11. The standard InChI is InChI=1S/C9H12BrN3OS2/c1-3-9(2,6(11)15)7(14)13-8-12-4-5(10)16-8/h4H,3H2,1-2H3,(H2,11,15)(H,12,13,14). The third-order valence-electron chi connectivity index (χ3n) is 2.45. The highest BCUT2D eigenvalue weighted by Crippen LogP contribution is 2.27. The number of thiocarbonyl (C=S) groups is 1. The number of thiazole rings is 1. The molecule has 0 aromatic carbocycles. The van der Waals surface area contributed by atoms with Crippen molar-refractivity contribution in [3.63, 3.8) is 0 Å². The second-order valence-corrected chi connectivity index (χ2v) is 6.32. The molecule has 1 heterocycles. The van der Waals surface area contributed by atoms with E-state index in [4.69, 9.17) is 18.0 Å². The molecular formula is C9H12BrN3OS2. The van der Waals surface area contributed by atoms with Gasteiger partial charge in [0.25, 0.3) is 0 Å². The third kappa shape index (κ3) is 2.78. The van der Waals surface area contributed by atoms with Crippen molar-refractivity contribution in [1.29, 1.82) is 0 Å². The lowest BCUT2D eigenvalue weighted by molar-refractivity contribution is -0.121. The van der Waals surface area contributed by atoms with Crippen LogP contribution in [0.4, 0.5) is 5.13 Å². The van der Waals surface area contributed by atoms with E-state index in [9.17, 15) is 4.79 Å². The van der Waals surface area contributed by atoms with Crippen LogP contribution in [0, 0.1) is 5.41 Å². The van der Waals surface area contributed by atoms with E-state index in [0.29, 0.717) is 11.6 Å². The number of hydrogen-bond acceptors (Lipinski definition) is 4. The van der Waals surface area contributed by atoms with Crippen LogP contribution in [0.15, 0.2) is 9.98 Å². The Morgan fingerprint density at radius 1 is 1.81 bits per heavy atom. The van der Waals surface area contributed by atoms with Crippen molar-refractivity contribution in [2.24, 2.45) is 11.1 Å². The van der Waals surface area contributed by atoms with E-state index in [1.54, 1.807) is 13.1 Å². The molecule has 7 heteroatoms. The van der Waals surface area contributed by atoms with Gasteiger partial charge in [0.2, 0.25) is 5.91 Å². The molecule has 0 bridgehead atoms. The maximum atomic E-state index is 12.0. The zero-order chi connectivity index (χ0) is 12.3. The molecule has 0 saturated carbocycles. The summed E-state index contributed by atoms with van der Waals surface area (Å²) < 4.78 is 0.858. The Hall–Kier alpha value is -0.530. The van der Waals surface area contributed by atoms with E-state index >= 15 is 0 Å². The van der Waals surface area contributed by atoms with Crippen LogP contribution in [0.25, 0.3) is 0 Å². The minimum absolute atomic E-state index is 0.197. The van der Waals surface area contributed by atoms with Gasteiger partial charge in [0.05, 0.1) is 20.4 Å².